The van der Waals surface area contributed by atoms with Gasteiger partial charge < -0.3 is 15.8 Å². The van der Waals surface area contributed by atoms with Crippen molar-refractivity contribution in [2.24, 2.45) is 0 Å². The number of hydrogen-bond acceptors (Lipinski definition) is 4. The van der Waals surface area contributed by atoms with E-state index in [4.69, 9.17) is 22.1 Å². The van der Waals surface area contributed by atoms with E-state index in [9.17, 15) is 4.79 Å². The van der Waals surface area contributed by atoms with E-state index in [-0.39, 0.29) is 12.3 Å². The standard InChI is InChI=1S/C16H15ClN4O2/c1-23-13-6-5-9(7-11(13)17)8-14(22)19-12-4-2-3-10-15(12)20-21-16(10)18/h2-7H,8H2,1H3,(H,19,22)(H3,18,20,21). The predicted octanol–water partition coefficient (Wildman–Crippen LogP) is 2.99. The van der Waals surface area contributed by atoms with Crippen LogP contribution in [0.15, 0.2) is 36.4 Å². The summed E-state index contributed by atoms with van der Waals surface area (Å²) in [6.45, 7) is 0. The smallest absolute Gasteiger partial charge is 0.228 e. The van der Waals surface area contributed by atoms with Gasteiger partial charge in [-0.2, -0.15) is 5.10 Å². The lowest BCUT2D eigenvalue weighted by Crippen LogP contribution is -2.14. The molecule has 3 rings (SSSR count). The summed E-state index contributed by atoms with van der Waals surface area (Å²) in [5.41, 5.74) is 7.89. The van der Waals surface area contributed by atoms with E-state index in [0.29, 0.717) is 27.8 Å². The van der Waals surface area contributed by atoms with Crippen molar-refractivity contribution in [2.45, 2.75) is 6.42 Å². The second-order valence-corrected chi connectivity index (χ2v) is 5.44. The third-order valence-corrected chi connectivity index (χ3v) is 3.78. The van der Waals surface area contributed by atoms with Gasteiger partial charge in [-0.15, -0.1) is 0 Å². The second kappa shape index (κ2) is 6.18. The Morgan fingerprint density at radius 1 is 1.39 bits per heavy atom. The van der Waals surface area contributed by atoms with Gasteiger partial charge in [0.05, 0.1) is 29.8 Å². The highest BCUT2D eigenvalue weighted by Crippen LogP contribution is 2.26. The van der Waals surface area contributed by atoms with E-state index in [1.807, 2.05) is 12.1 Å². The largest absolute Gasteiger partial charge is 0.495 e. The van der Waals surface area contributed by atoms with Crippen molar-refractivity contribution in [3.05, 3.63) is 47.0 Å². The van der Waals surface area contributed by atoms with Crippen molar-refractivity contribution < 1.29 is 9.53 Å². The highest BCUT2D eigenvalue weighted by molar-refractivity contribution is 6.32. The maximum atomic E-state index is 12.2. The first-order valence-corrected chi connectivity index (χ1v) is 7.31. The maximum absolute atomic E-state index is 12.2. The van der Waals surface area contributed by atoms with E-state index in [2.05, 4.69) is 15.5 Å². The van der Waals surface area contributed by atoms with Crippen molar-refractivity contribution in [3.63, 3.8) is 0 Å². The van der Waals surface area contributed by atoms with Crippen LogP contribution in [0.3, 0.4) is 0 Å². The molecular weight excluding hydrogens is 316 g/mol. The van der Waals surface area contributed by atoms with Crippen LogP contribution in [0, 0.1) is 0 Å². The Labute approximate surface area is 137 Å². The summed E-state index contributed by atoms with van der Waals surface area (Å²) in [6, 6.07) is 10.7. The van der Waals surface area contributed by atoms with E-state index in [1.165, 1.54) is 0 Å². The number of anilines is 2. The molecule has 2 aromatic carbocycles. The minimum Gasteiger partial charge on any atom is -0.495 e. The predicted molar refractivity (Wildman–Crippen MR) is 90.8 cm³/mol. The van der Waals surface area contributed by atoms with Crippen molar-refractivity contribution >= 4 is 39.9 Å². The molecule has 0 radical (unpaired) electrons. The first kappa shape index (κ1) is 15.2. The summed E-state index contributed by atoms with van der Waals surface area (Å²) >= 11 is 6.07. The van der Waals surface area contributed by atoms with E-state index < -0.39 is 0 Å². The van der Waals surface area contributed by atoms with E-state index >= 15 is 0 Å². The molecule has 0 fully saturated rings. The fraction of sp³-hybridized carbons (Fsp3) is 0.125. The topological polar surface area (TPSA) is 93.0 Å². The number of fused-ring (bicyclic) bond motifs is 1. The molecule has 1 amide bonds. The zero-order valence-electron chi connectivity index (χ0n) is 12.4. The van der Waals surface area contributed by atoms with Crippen LogP contribution < -0.4 is 15.8 Å². The third kappa shape index (κ3) is 3.07. The number of rotatable bonds is 4. The van der Waals surface area contributed by atoms with Crippen LogP contribution in [-0.4, -0.2) is 23.2 Å². The Balaban J connectivity index is 1.77. The molecule has 7 heteroatoms. The number of nitrogens with zero attached hydrogens (tertiary/aromatic N) is 1. The minimum absolute atomic E-state index is 0.160. The molecule has 3 aromatic rings. The summed E-state index contributed by atoms with van der Waals surface area (Å²) in [7, 11) is 1.55. The average molecular weight is 331 g/mol. The van der Waals surface area contributed by atoms with Gasteiger partial charge in [-0.05, 0) is 29.8 Å². The van der Waals surface area contributed by atoms with Gasteiger partial charge in [0.15, 0.2) is 5.82 Å². The molecule has 1 heterocycles. The number of nitrogens with two attached hydrogens (primary N) is 1. The molecule has 118 valence electrons. The van der Waals surface area contributed by atoms with Gasteiger partial charge in [0, 0.05) is 5.39 Å². The number of aromatic amines is 1. The fourth-order valence-corrected chi connectivity index (χ4v) is 2.65. The van der Waals surface area contributed by atoms with E-state index in [0.717, 1.165) is 10.9 Å². The van der Waals surface area contributed by atoms with Crippen LogP contribution in [0.5, 0.6) is 5.75 Å². The molecule has 0 aliphatic heterocycles. The van der Waals surface area contributed by atoms with Crippen molar-refractivity contribution in [1.82, 2.24) is 10.2 Å². The molecule has 0 saturated carbocycles. The van der Waals surface area contributed by atoms with Gasteiger partial charge >= 0.3 is 0 Å². The SMILES string of the molecule is COc1ccc(CC(=O)Nc2cccc3c(N)n[nH]c23)cc1Cl. The number of carbonyl (C=O) groups is 1. The highest BCUT2D eigenvalue weighted by atomic mass is 35.5. The summed E-state index contributed by atoms with van der Waals surface area (Å²) in [6.07, 6.45) is 0.198. The molecular formula is C16H15ClN4O2. The van der Waals surface area contributed by atoms with Crippen LogP contribution in [0.4, 0.5) is 11.5 Å². The number of amides is 1. The summed E-state index contributed by atoms with van der Waals surface area (Å²) in [4.78, 5) is 12.2. The zero-order valence-corrected chi connectivity index (χ0v) is 13.1. The Bertz CT molecular complexity index is 876. The number of methoxy groups -OCH3 is 1. The number of ether oxygens (including phenoxy) is 1. The molecule has 0 aliphatic rings. The van der Waals surface area contributed by atoms with Gasteiger partial charge in [-0.25, -0.2) is 0 Å². The molecule has 0 unspecified atom stereocenters. The number of hydrogen-bond donors (Lipinski definition) is 3. The minimum atomic E-state index is -0.160. The quantitative estimate of drug-likeness (QED) is 0.685. The second-order valence-electron chi connectivity index (χ2n) is 5.03. The van der Waals surface area contributed by atoms with Crippen LogP contribution in [0.25, 0.3) is 10.9 Å². The van der Waals surface area contributed by atoms with Crippen molar-refractivity contribution in [2.75, 3.05) is 18.2 Å². The van der Waals surface area contributed by atoms with Crippen LogP contribution in [0.1, 0.15) is 5.56 Å². The molecule has 0 aliphatic carbocycles. The Hall–Kier alpha value is -2.73. The number of nitrogen functional groups attached to an aromatic ring is 1. The Kier molecular flexibility index (Phi) is 4.08. The van der Waals surface area contributed by atoms with Crippen LogP contribution >= 0.6 is 11.6 Å². The van der Waals surface area contributed by atoms with Gasteiger partial charge in [-0.1, -0.05) is 23.7 Å². The van der Waals surface area contributed by atoms with E-state index in [1.54, 1.807) is 31.4 Å². The Morgan fingerprint density at radius 2 is 2.22 bits per heavy atom. The summed E-state index contributed by atoms with van der Waals surface area (Å²) < 4.78 is 5.10. The molecule has 0 bridgehead atoms. The Morgan fingerprint density at radius 3 is 2.96 bits per heavy atom. The molecule has 6 nitrogen and oxygen atoms in total. The maximum Gasteiger partial charge on any atom is 0.228 e. The number of carbonyl (C=O) groups excluding carboxylic acids is 1. The molecule has 1 aromatic heterocycles. The van der Waals surface area contributed by atoms with Gasteiger partial charge in [0.1, 0.15) is 5.75 Å². The van der Waals surface area contributed by atoms with Gasteiger partial charge in [-0.3, -0.25) is 9.89 Å². The van der Waals surface area contributed by atoms with Crippen LogP contribution in [-0.2, 0) is 11.2 Å². The average Bonchev–Trinajstić information content (AvgIpc) is 2.90. The number of H-pyrrole nitrogens is 1. The van der Waals surface area contributed by atoms with Crippen LogP contribution in [0.2, 0.25) is 5.02 Å². The molecule has 0 saturated heterocycles. The normalized spacial score (nSPS) is 10.7. The van der Waals surface area contributed by atoms with Crippen molar-refractivity contribution in [3.8, 4) is 5.75 Å². The molecule has 0 spiro atoms. The molecule has 0 atom stereocenters. The number of halogens is 1. The highest BCUT2D eigenvalue weighted by Gasteiger charge is 2.11. The monoisotopic (exact) mass is 330 g/mol. The van der Waals surface area contributed by atoms with Gasteiger partial charge in [0.2, 0.25) is 5.91 Å². The lowest BCUT2D eigenvalue weighted by atomic mass is 10.1. The number of nitrogens with one attached hydrogen (secondary N) is 2. The lowest BCUT2D eigenvalue weighted by molar-refractivity contribution is -0.115. The number of aromatic nitrogens is 2. The lowest BCUT2D eigenvalue weighted by Gasteiger charge is -2.08. The summed E-state index contributed by atoms with van der Waals surface area (Å²) in [5, 5.41) is 10.9. The number of benzene rings is 2. The zero-order chi connectivity index (χ0) is 16.4. The van der Waals surface area contributed by atoms with Crippen molar-refractivity contribution in [1.29, 1.82) is 0 Å². The third-order valence-electron chi connectivity index (χ3n) is 3.48. The molecule has 4 N–H and O–H groups in total. The van der Waals surface area contributed by atoms with Gasteiger partial charge in [0.25, 0.3) is 0 Å². The first-order valence-electron chi connectivity index (χ1n) is 6.93. The fourth-order valence-electron chi connectivity index (χ4n) is 2.37. The first-order chi connectivity index (χ1) is 11.1. The number of para-hydroxylation sites is 1. The summed E-state index contributed by atoms with van der Waals surface area (Å²) in [5.74, 6) is 0.818. The molecule has 23 heavy (non-hydrogen) atoms.